The molecule has 1 amide bonds. The summed E-state index contributed by atoms with van der Waals surface area (Å²) in [5, 5.41) is 6.24. The van der Waals surface area contributed by atoms with Gasteiger partial charge in [-0.2, -0.15) is 13.5 Å². The average molecular weight is 476 g/mol. The summed E-state index contributed by atoms with van der Waals surface area (Å²) >= 11 is 5.85. The van der Waals surface area contributed by atoms with E-state index in [1.165, 1.54) is 0 Å². The van der Waals surface area contributed by atoms with E-state index in [1.54, 1.807) is 31.3 Å². The first-order valence-corrected chi connectivity index (χ1v) is 10.0. The molecule has 0 aromatic heterocycles. The van der Waals surface area contributed by atoms with Crippen LogP contribution in [-0.2, 0) is 20.9 Å². The Hall–Kier alpha value is -1.97. The van der Waals surface area contributed by atoms with Crippen molar-refractivity contribution in [3.8, 4) is 0 Å². The molecule has 0 aliphatic rings. The first-order valence-electron chi connectivity index (χ1n) is 9.66. The van der Waals surface area contributed by atoms with E-state index in [9.17, 15) is 9.59 Å². The molecular weight excluding hydrogens is 438 g/mol. The van der Waals surface area contributed by atoms with Crippen molar-refractivity contribution in [3.63, 3.8) is 0 Å². The highest BCUT2D eigenvalue weighted by Crippen LogP contribution is 2.12. The topological polar surface area (TPSA) is 132 Å². The fraction of sp³-hybridized carbons (Fsp3) is 0.571. The first kappa shape index (κ1) is 31.2. The van der Waals surface area contributed by atoms with Gasteiger partial charge in [-0.15, -0.1) is 0 Å². The van der Waals surface area contributed by atoms with Gasteiger partial charge in [-0.25, -0.2) is 4.79 Å². The standard InChI is InChI=1S/C20H32ClN5O3.CH4.H2S/c1-13(2)11-17(19(28)29-12-14-6-8-15(21)9-7-14)26-18(27)16(22)5-4-10-25-20(23)24-3;;/h6-9,13,16-17H,4-5,10-12,22H2,1-3H3,(H,26,27)(H3,23,24,25);1H4;1H2/t16-,17+;;/m1../s1. The van der Waals surface area contributed by atoms with E-state index < -0.39 is 18.1 Å². The van der Waals surface area contributed by atoms with Crippen LogP contribution in [0.5, 0.6) is 0 Å². The minimum atomic E-state index is -0.748. The first-order chi connectivity index (χ1) is 13.7. The molecule has 8 nitrogen and oxygen atoms in total. The molecule has 10 heteroatoms. The number of halogens is 1. The summed E-state index contributed by atoms with van der Waals surface area (Å²) < 4.78 is 5.37. The summed E-state index contributed by atoms with van der Waals surface area (Å²) in [4.78, 5) is 28.7. The number of amides is 1. The number of nitrogens with one attached hydrogen (secondary N) is 2. The molecule has 2 atom stereocenters. The van der Waals surface area contributed by atoms with Crippen molar-refractivity contribution >= 4 is 42.9 Å². The van der Waals surface area contributed by atoms with Crippen LogP contribution in [0.2, 0.25) is 5.02 Å². The monoisotopic (exact) mass is 475 g/mol. The van der Waals surface area contributed by atoms with E-state index in [0.717, 1.165) is 5.56 Å². The van der Waals surface area contributed by atoms with Crippen LogP contribution in [0, 0.1) is 5.92 Å². The zero-order chi connectivity index (χ0) is 21.8. The molecule has 1 aromatic rings. The Morgan fingerprint density at radius 2 is 1.84 bits per heavy atom. The summed E-state index contributed by atoms with van der Waals surface area (Å²) in [5.41, 5.74) is 12.3. The molecule has 0 radical (unpaired) electrons. The van der Waals surface area contributed by atoms with Gasteiger partial charge in [-0.3, -0.25) is 9.79 Å². The summed E-state index contributed by atoms with van der Waals surface area (Å²) in [7, 11) is 1.59. The fourth-order valence-electron chi connectivity index (χ4n) is 2.55. The Bertz CT molecular complexity index is 686. The quantitative estimate of drug-likeness (QED) is 0.168. The highest BCUT2D eigenvalue weighted by atomic mass is 35.5. The van der Waals surface area contributed by atoms with E-state index in [0.29, 0.717) is 36.8 Å². The van der Waals surface area contributed by atoms with Crippen LogP contribution < -0.4 is 22.1 Å². The molecule has 0 aliphatic heterocycles. The van der Waals surface area contributed by atoms with E-state index in [-0.39, 0.29) is 39.4 Å². The van der Waals surface area contributed by atoms with Crippen molar-refractivity contribution in [3.05, 3.63) is 34.9 Å². The third-order valence-corrected chi connectivity index (χ3v) is 4.43. The molecule has 0 heterocycles. The largest absolute Gasteiger partial charge is 0.459 e. The highest BCUT2D eigenvalue weighted by Gasteiger charge is 2.25. The second-order valence-electron chi connectivity index (χ2n) is 7.21. The molecule has 0 spiro atoms. The zero-order valence-electron chi connectivity index (χ0n) is 17.8. The maximum absolute atomic E-state index is 12.5. The molecule has 0 aliphatic carbocycles. The Labute approximate surface area is 198 Å². The number of guanidine groups is 1. The third kappa shape index (κ3) is 13.1. The van der Waals surface area contributed by atoms with Crippen LogP contribution >= 0.6 is 25.1 Å². The van der Waals surface area contributed by atoms with Crippen molar-refractivity contribution in [2.24, 2.45) is 22.4 Å². The number of ether oxygens (including phenoxy) is 1. The molecule has 0 unspecified atom stereocenters. The molecule has 1 aromatic carbocycles. The number of aliphatic imine (C=N–C) groups is 1. The number of carbonyl (C=O) groups excluding carboxylic acids is 2. The molecule has 1 rings (SSSR count). The van der Waals surface area contributed by atoms with Crippen molar-refractivity contribution in [2.45, 2.75) is 59.2 Å². The number of hydrogen-bond donors (Lipinski definition) is 4. The lowest BCUT2D eigenvalue weighted by Crippen LogP contribution is -2.49. The van der Waals surface area contributed by atoms with Crippen molar-refractivity contribution in [1.82, 2.24) is 10.6 Å². The minimum absolute atomic E-state index is 0. The normalized spacial score (nSPS) is 12.8. The lowest BCUT2D eigenvalue weighted by atomic mass is 10.0. The van der Waals surface area contributed by atoms with Gasteiger partial charge in [0.1, 0.15) is 12.6 Å². The summed E-state index contributed by atoms with van der Waals surface area (Å²) in [6.07, 6.45) is 1.55. The number of carbonyl (C=O) groups is 2. The Morgan fingerprint density at radius 3 is 2.39 bits per heavy atom. The second-order valence-corrected chi connectivity index (χ2v) is 7.65. The van der Waals surface area contributed by atoms with Crippen molar-refractivity contribution in [2.75, 3.05) is 13.6 Å². The van der Waals surface area contributed by atoms with Gasteiger partial charge in [0.05, 0.1) is 6.04 Å². The van der Waals surface area contributed by atoms with E-state index in [4.69, 9.17) is 27.8 Å². The summed E-state index contributed by atoms with van der Waals surface area (Å²) in [6.45, 7) is 4.61. The average Bonchev–Trinajstić information content (AvgIpc) is 2.69. The molecule has 31 heavy (non-hydrogen) atoms. The lowest BCUT2D eigenvalue weighted by Gasteiger charge is -2.21. The van der Waals surface area contributed by atoms with Crippen LogP contribution in [0.4, 0.5) is 0 Å². The number of nitrogens with zero attached hydrogens (tertiary/aromatic N) is 1. The predicted molar refractivity (Wildman–Crippen MR) is 133 cm³/mol. The number of hydrogen-bond acceptors (Lipinski definition) is 5. The Morgan fingerprint density at radius 1 is 1.23 bits per heavy atom. The van der Waals surface area contributed by atoms with Crippen LogP contribution in [0.15, 0.2) is 29.3 Å². The lowest BCUT2D eigenvalue weighted by molar-refractivity contribution is -0.149. The van der Waals surface area contributed by atoms with Crippen LogP contribution in [0.1, 0.15) is 46.1 Å². The van der Waals surface area contributed by atoms with E-state index in [1.807, 2.05) is 13.8 Å². The SMILES string of the molecule is C.CN=C(N)NCCC[C@@H](N)C(=O)N[C@@H](CC(C)C)C(=O)OCc1ccc(Cl)cc1.S. The maximum Gasteiger partial charge on any atom is 0.328 e. The van der Waals surface area contributed by atoms with E-state index >= 15 is 0 Å². The minimum Gasteiger partial charge on any atom is -0.459 e. The number of benzene rings is 1. The second kappa shape index (κ2) is 16.7. The highest BCUT2D eigenvalue weighted by molar-refractivity contribution is 7.59. The van der Waals surface area contributed by atoms with Gasteiger partial charge in [-0.1, -0.05) is 45.0 Å². The van der Waals surface area contributed by atoms with Crippen molar-refractivity contribution in [1.29, 1.82) is 0 Å². The van der Waals surface area contributed by atoms with Crippen LogP contribution in [-0.4, -0.2) is 43.5 Å². The molecule has 0 saturated carbocycles. The molecule has 0 saturated heterocycles. The molecule has 6 N–H and O–H groups in total. The van der Waals surface area contributed by atoms with Crippen LogP contribution in [0.3, 0.4) is 0 Å². The Balaban J connectivity index is 0. The van der Waals surface area contributed by atoms with Crippen molar-refractivity contribution < 1.29 is 14.3 Å². The van der Waals surface area contributed by atoms with Gasteiger partial charge in [-0.05, 0) is 42.9 Å². The third-order valence-electron chi connectivity index (χ3n) is 4.18. The number of rotatable bonds is 11. The zero-order valence-corrected chi connectivity index (χ0v) is 19.5. The van der Waals surface area contributed by atoms with Gasteiger partial charge >= 0.3 is 5.97 Å². The molecular formula is C21H38ClN5O3S. The number of esters is 1. The fourth-order valence-corrected chi connectivity index (χ4v) is 2.67. The predicted octanol–water partition coefficient (Wildman–Crippen LogP) is 2.30. The molecule has 178 valence electrons. The summed E-state index contributed by atoms with van der Waals surface area (Å²) in [6, 6.07) is 5.55. The van der Waals surface area contributed by atoms with E-state index in [2.05, 4.69) is 15.6 Å². The van der Waals surface area contributed by atoms with Crippen LogP contribution in [0.25, 0.3) is 0 Å². The van der Waals surface area contributed by atoms with Gasteiger partial charge in [0.2, 0.25) is 5.91 Å². The molecule has 0 fully saturated rings. The smallest absolute Gasteiger partial charge is 0.328 e. The Kier molecular flexibility index (Phi) is 16.8. The maximum atomic E-state index is 12.5. The number of nitrogens with two attached hydrogens (primary N) is 2. The van der Waals surface area contributed by atoms with Gasteiger partial charge in [0, 0.05) is 18.6 Å². The van der Waals surface area contributed by atoms with Gasteiger partial charge in [0.25, 0.3) is 0 Å². The summed E-state index contributed by atoms with van der Waals surface area (Å²) in [5.74, 6) is -0.331. The van der Waals surface area contributed by atoms with Gasteiger partial charge in [0.15, 0.2) is 5.96 Å². The molecule has 0 bridgehead atoms. The van der Waals surface area contributed by atoms with Gasteiger partial charge < -0.3 is 26.8 Å².